The van der Waals surface area contributed by atoms with Crippen LogP contribution >= 0.6 is 35.0 Å². The lowest BCUT2D eigenvalue weighted by molar-refractivity contribution is -0.120. The number of nitrogens with one attached hydrogen (secondary N) is 1. The number of amides is 1. The van der Waals surface area contributed by atoms with E-state index in [2.05, 4.69) is 10.2 Å². The summed E-state index contributed by atoms with van der Waals surface area (Å²) < 4.78 is 1.48. The summed E-state index contributed by atoms with van der Waals surface area (Å²) in [6, 6.07) is 12.2. The van der Waals surface area contributed by atoms with Crippen molar-refractivity contribution in [3.8, 4) is 5.69 Å². The lowest BCUT2D eigenvalue weighted by atomic mass is 10.1. The number of nitrogens with zero attached hydrogens (tertiary/aromatic N) is 3. The van der Waals surface area contributed by atoms with Crippen molar-refractivity contribution in [3.63, 3.8) is 0 Å². The molecule has 3 aromatic rings. The fraction of sp³-hybridized carbons (Fsp3) is 0.400. The molecule has 1 aliphatic heterocycles. The monoisotopic (exact) mass is 518 g/mol. The first kappa shape index (κ1) is 25.0. The molecule has 4 rings (SSSR count). The van der Waals surface area contributed by atoms with Gasteiger partial charge in [0, 0.05) is 18.1 Å². The van der Waals surface area contributed by atoms with E-state index in [1.165, 1.54) is 35.6 Å². The molecule has 6 nitrogen and oxygen atoms in total. The van der Waals surface area contributed by atoms with Crippen molar-refractivity contribution >= 4 is 51.8 Å². The minimum Gasteiger partial charge on any atom is -0.354 e. The number of hydrogen-bond acceptors (Lipinski definition) is 5. The lowest BCUT2D eigenvalue weighted by Crippen LogP contribution is -2.40. The second-order valence-electron chi connectivity index (χ2n) is 8.36. The predicted octanol–water partition coefficient (Wildman–Crippen LogP) is 5.17. The van der Waals surface area contributed by atoms with Crippen LogP contribution in [0.2, 0.25) is 10.0 Å². The summed E-state index contributed by atoms with van der Waals surface area (Å²) in [6.07, 6.45) is 4.33. The molecule has 1 saturated heterocycles. The summed E-state index contributed by atoms with van der Waals surface area (Å²) >= 11 is 13.8. The van der Waals surface area contributed by atoms with Crippen LogP contribution in [0, 0.1) is 0 Å². The summed E-state index contributed by atoms with van der Waals surface area (Å²) in [6.45, 7) is 5.61. The Morgan fingerprint density at radius 2 is 1.91 bits per heavy atom. The topological polar surface area (TPSA) is 67.2 Å². The molecule has 1 atom stereocenters. The van der Waals surface area contributed by atoms with E-state index in [-0.39, 0.29) is 11.5 Å². The Labute approximate surface area is 213 Å². The second-order valence-corrected chi connectivity index (χ2v) is 10.4. The number of fused-ring (bicyclic) bond motifs is 1. The standard InChI is InChI=1S/C25H28Cl2N4O2S/c1-2-22(23(32)28-12-15-30-13-6-3-7-14-30)34-25-29-20-9-5-4-8-18(20)24(33)31(25)21-11-10-17(26)16-19(21)27/h4-5,8-11,16,22H,2-3,6-7,12-15H2,1H3,(H,28,32). The van der Waals surface area contributed by atoms with E-state index in [9.17, 15) is 9.59 Å². The maximum atomic E-state index is 13.5. The number of aromatic nitrogens is 2. The first-order chi connectivity index (χ1) is 16.5. The van der Waals surface area contributed by atoms with Gasteiger partial charge in [0.05, 0.1) is 26.9 Å². The Hall–Kier alpha value is -2.06. The van der Waals surface area contributed by atoms with E-state index in [1.54, 1.807) is 36.4 Å². The third kappa shape index (κ3) is 5.77. The van der Waals surface area contributed by atoms with Crippen molar-refractivity contribution in [2.24, 2.45) is 0 Å². The average Bonchev–Trinajstić information content (AvgIpc) is 2.84. The molecule has 0 saturated carbocycles. The maximum absolute atomic E-state index is 13.5. The minimum atomic E-state index is -0.397. The predicted molar refractivity (Wildman–Crippen MR) is 141 cm³/mol. The fourth-order valence-electron chi connectivity index (χ4n) is 4.15. The highest BCUT2D eigenvalue weighted by molar-refractivity contribution is 8.00. The van der Waals surface area contributed by atoms with Crippen LogP contribution in [-0.2, 0) is 4.79 Å². The van der Waals surface area contributed by atoms with Gasteiger partial charge in [0.1, 0.15) is 0 Å². The SMILES string of the molecule is CCC(Sc1nc2ccccc2c(=O)n1-c1ccc(Cl)cc1Cl)C(=O)NCCN1CCCCC1. The highest BCUT2D eigenvalue weighted by atomic mass is 35.5. The molecule has 180 valence electrons. The van der Waals surface area contributed by atoms with Crippen LogP contribution < -0.4 is 10.9 Å². The van der Waals surface area contributed by atoms with Crippen LogP contribution in [0.4, 0.5) is 0 Å². The average molecular weight is 519 g/mol. The molecule has 0 spiro atoms. The maximum Gasteiger partial charge on any atom is 0.266 e. The number of benzene rings is 2. The highest BCUT2D eigenvalue weighted by Crippen LogP contribution is 2.30. The Balaban J connectivity index is 1.61. The number of carbonyl (C=O) groups is 1. The summed E-state index contributed by atoms with van der Waals surface area (Å²) in [4.78, 5) is 33.6. The molecule has 9 heteroatoms. The number of hydrogen-bond donors (Lipinski definition) is 1. The van der Waals surface area contributed by atoms with Crippen LogP contribution in [0.3, 0.4) is 0 Å². The van der Waals surface area contributed by atoms with Gasteiger partial charge in [0.15, 0.2) is 5.16 Å². The molecular weight excluding hydrogens is 491 g/mol. The van der Waals surface area contributed by atoms with Gasteiger partial charge in [-0.2, -0.15) is 0 Å². The largest absolute Gasteiger partial charge is 0.354 e. The van der Waals surface area contributed by atoms with Crippen molar-refractivity contribution in [2.75, 3.05) is 26.2 Å². The summed E-state index contributed by atoms with van der Waals surface area (Å²) in [5.41, 5.74) is 0.826. The zero-order chi connectivity index (χ0) is 24.1. The van der Waals surface area contributed by atoms with E-state index in [0.29, 0.717) is 44.8 Å². The number of piperidine rings is 1. The molecule has 1 unspecified atom stereocenters. The smallest absolute Gasteiger partial charge is 0.266 e. The molecular formula is C25H28Cl2N4O2S. The van der Waals surface area contributed by atoms with Crippen LogP contribution in [0.5, 0.6) is 0 Å². The number of halogens is 2. The van der Waals surface area contributed by atoms with Crippen molar-refractivity contribution in [3.05, 3.63) is 62.9 Å². The molecule has 0 radical (unpaired) electrons. The first-order valence-electron chi connectivity index (χ1n) is 11.6. The molecule has 1 N–H and O–H groups in total. The van der Waals surface area contributed by atoms with E-state index >= 15 is 0 Å². The van der Waals surface area contributed by atoms with Gasteiger partial charge in [0.2, 0.25) is 5.91 Å². The Bertz CT molecular complexity index is 1230. The van der Waals surface area contributed by atoms with Gasteiger partial charge in [-0.05, 0) is 62.7 Å². The quantitative estimate of drug-likeness (QED) is 0.329. The number of thioether (sulfide) groups is 1. The summed E-state index contributed by atoms with van der Waals surface area (Å²) in [7, 11) is 0. The first-order valence-corrected chi connectivity index (χ1v) is 13.3. The number of carbonyl (C=O) groups excluding carboxylic acids is 1. The van der Waals surface area contributed by atoms with Gasteiger partial charge >= 0.3 is 0 Å². The van der Waals surface area contributed by atoms with Gasteiger partial charge in [0.25, 0.3) is 5.56 Å². The minimum absolute atomic E-state index is 0.0549. The van der Waals surface area contributed by atoms with E-state index in [4.69, 9.17) is 28.2 Å². The molecule has 2 heterocycles. The molecule has 1 fully saturated rings. The van der Waals surface area contributed by atoms with Gasteiger partial charge in [-0.1, -0.05) is 60.4 Å². The zero-order valence-electron chi connectivity index (χ0n) is 19.1. The van der Waals surface area contributed by atoms with Crippen molar-refractivity contribution in [1.82, 2.24) is 19.8 Å². The van der Waals surface area contributed by atoms with Gasteiger partial charge in [-0.25, -0.2) is 4.98 Å². The lowest BCUT2D eigenvalue weighted by Gasteiger charge is -2.26. The Kier molecular flexibility index (Phi) is 8.53. The molecule has 0 bridgehead atoms. The third-order valence-corrected chi connectivity index (χ3v) is 7.84. The number of para-hydroxylation sites is 1. The molecule has 2 aromatic carbocycles. The molecule has 0 aliphatic carbocycles. The van der Waals surface area contributed by atoms with E-state index in [0.717, 1.165) is 19.6 Å². The normalized spacial score (nSPS) is 15.4. The number of likely N-dealkylation sites (tertiary alicyclic amines) is 1. The van der Waals surface area contributed by atoms with Gasteiger partial charge < -0.3 is 10.2 Å². The third-order valence-electron chi connectivity index (χ3n) is 5.98. The van der Waals surface area contributed by atoms with Crippen LogP contribution in [0.15, 0.2) is 52.4 Å². The van der Waals surface area contributed by atoms with Gasteiger partial charge in [-0.3, -0.25) is 14.2 Å². The van der Waals surface area contributed by atoms with Crippen LogP contribution in [0.25, 0.3) is 16.6 Å². The molecule has 1 aliphatic rings. The molecule has 1 aromatic heterocycles. The second kappa shape index (κ2) is 11.6. The fourth-order valence-corrected chi connectivity index (χ4v) is 5.69. The van der Waals surface area contributed by atoms with Crippen molar-refractivity contribution in [2.45, 2.75) is 43.0 Å². The van der Waals surface area contributed by atoms with Crippen molar-refractivity contribution < 1.29 is 4.79 Å². The molecule has 34 heavy (non-hydrogen) atoms. The highest BCUT2D eigenvalue weighted by Gasteiger charge is 2.23. The van der Waals surface area contributed by atoms with E-state index < -0.39 is 5.25 Å². The van der Waals surface area contributed by atoms with E-state index in [1.807, 2.05) is 13.0 Å². The Morgan fingerprint density at radius 1 is 1.15 bits per heavy atom. The van der Waals surface area contributed by atoms with Crippen LogP contribution in [0.1, 0.15) is 32.6 Å². The summed E-state index contributed by atoms with van der Waals surface area (Å²) in [5.74, 6) is -0.0549. The van der Waals surface area contributed by atoms with Crippen molar-refractivity contribution in [1.29, 1.82) is 0 Å². The number of rotatable bonds is 8. The zero-order valence-corrected chi connectivity index (χ0v) is 21.4. The summed E-state index contributed by atoms with van der Waals surface area (Å²) in [5, 5.41) is 4.40. The molecule has 1 amide bonds. The van der Waals surface area contributed by atoms with Gasteiger partial charge in [-0.15, -0.1) is 0 Å². The van der Waals surface area contributed by atoms with Crippen LogP contribution in [-0.4, -0.2) is 51.8 Å². The Morgan fingerprint density at radius 3 is 2.65 bits per heavy atom.